The van der Waals surface area contributed by atoms with Crippen LogP contribution in [0.4, 0.5) is 0 Å². The summed E-state index contributed by atoms with van der Waals surface area (Å²) < 4.78 is 0. The fraction of sp³-hybridized carbons (Fsp3) is 0.667. The fourth-order valence-corrected chi connectivity index (χ4v) is 2.07. The molecule has 16 heavy (non-hydrogen) atoms. The summed E-state index contributed by atoms with van der Waals surface area (Å²) in [6.07, 6.45) is 7.15. The van der Waals surface area contributed by atoms with Crippen molar-refractivity contribution >= 4 is 11.9 Å². The Labute approximate surface area is 94.7 Å². The van der Waals surface area contributed by atoms with Crippen LogP contribution in [0.15, 0.2) is 12.2 Å². The Morgan fingerprint density at radius 2 is 1.81 bits per heavy atom. The number of nitrogens with one attached hydrogen (secondary N) is 1. The molecule has 0 heterocycles. The molecule has 0 spiro atoms. The molecular formula is C12H17NO3. The standard InChI is InChI=1S/C12H17NO3/c14-11(13-7-8-5-6-8)9-3-1-2-4-10(9)12(15)16/h1-2,8-10H,3-7H2,(H,13,14)(H,15,16)/t9-,10+/m1/s1. The first-order valence-electron chi connectivity index (χ1n) is 5.84. The topological polar surface area (TPSA) is 66.4 Å². The first-order valence-corrected chi connectivity index (χ1v) is 5.84. The van der Waals surface area contributed by atoms with E-state index in [2.05, 4.69) is 5.32 Å². The van der Waals surface area contributed by atoms with Gasteiger partial charge in [0.05, 0.1) is 11.8 Å². The van der Waals surface area contributed by atoms with E-state index in [0.29, 0.717) is 25.3 Å². The maximum atomic E-state index is 11.8. The lowest BCUT2D eigenvalue weighted by atomic mass is 9.82. The monoisotopic (exact) mass is 223 g/mol. The number of carbonyl (C=O) groups excluding carboxylic acids is 1. The highest BCUT2D eigenvalue weighted by molar-refractivity contribution is 5.85. The predicted octanol–water partition coefficient (Wildman–Crippen LogP) is 1.18. The zero-order chi connectivity index (χ0) is 11.5. The van der Waals surface area contributed by atoms with E-state index in [1.807, 2.05) is 12.2 Å². The van der Waals surface area contributed by atoms with Crippen LogP contribution in [0.3, 0.4) is 0 Å². The number of carboxylic acids is 1. The molecule has 0 aliphatic heterocycles. The highest BCUT2D eigenvalue weighted by atomic mass is 16.4. The minimum absolute atomic E-state index is 0.0938. The van der Waals surface area contributed by atoms with Gasteiger partial charge in [-0.15, -0.1) is 0 Å². The molecule has 0 bridgehead atoms. The van der Waals surface area contributed by atoms with Crippen molar-refractivity contribution in [3.05, 3.63) is 12.2 Å². The molecule has 1 saturated carbocycles. The molecule has 0 aromatic heterocycles. The predicted molar refractivity (Wildman–Crippen MR) is 58.7 cm³/mol. The highest BCUT2D eigenvalue weighted by Gasteiger charge is 2.34. The number of carboxylic acid groups (broad SMARTS) is 1. The van der Waals surface area contributed by atoms with Gasteiger partial charge in [-0.2, -0.15) is 0 Å². The SMILES string of the molecule is O=C(O)[C@H]1CC=CC[C@H]1C(=O)NCC1CC1. The summed E-state index contributed by atoms with van der Waals surface area (Å²) in [5, 5.41) is 11.9. The normalized spacial score (nSPS) is 28.8. The second kappa shape index (κ2) is 4.68. The summed E-state index contributed by atoms with van der Waals surface area (Å²) in [7, 11) is 0. The van der Waals surface area contributed by atoms with Gasteiger partial charge in [-0.05, 0) is 31.6 Å². The third-order valence-electron chi connectivity index (χ3n) is 3.35. The number of rotatable bonds is 4. The van der Waals surface area contributed by atoms with Crippen LogP contribution >= 0.6 is 0 Å². The third-order valence-corrected chi connectivity index (χ3v) is 3.35. The van der Waals surface area contributed by atoms with E-state index in [9.17, 15) is 9.59 Å². The molecule has 4 nitrogen and oxygen atoms in total. The van der Waals surface area contributed by atoms with Crippen molar-refractivity contribution in [2.24, 2.45) is 17.8 Å². The van der Waals surface area contributed by atoms with Crippen LogP contribution in [0, 0.1) is 17.8 Å². The summed E-state index contributed by atoms with van der Waals surface area (Å²) in [5.41, 5.74) is 0. The number of allylic oxidation sites excluding steroid dienone is 2. The van der Waals surface area contributed by atoms with Crippen LogP contribution in [0.25, 0.3) is 0 Å². The van der Waals surface area contributed by atoms with Crippen LogP contribution in [0.5, 0.6) is 0 Å². The van der Waals surface area contributed by atoms with E-state index in [1.54, 1.807) is 0 Å². The number of hydrogen-bond donors (Lipinski definition) is 2. The van der Waals surface area contributed by atoms with Crippen LogP contribution in [0.1, 0.15) is 25.7 Å². The quantitative estimate of drug-likeness (QED) is 0.703. The number of aliphatic carboxylic acids is 1. The van der Waals surface area contributed by atoms with Gasteiger partial charge < -0.3 is 10.4 Å². The van der Waals surface area contributed by atoms with E-state index < -0.39 is 11.9 Å². The van der Waals surface area contributed by atoms with Gasteiger partial charge in [0, 0.05) is 6.54 Å². The van der Waals surface area contributed by atoms with Crippen LogP contribution < -0.4 is 5.32 Å². The van der Waals surface area contributed by atoms with E-state index in [1.165, 1.54) is 12.8 Å². The average molecular weight is 223 g/mol. The lowest BCUT2D eigenvalue weighted by molar-refractivity contribution is -0.147. The smallest absolute Gasteiger partial charge is 0.307 e. The Bertz CT molecular complexity index is 320. The van der Waals surface area contributed by atoms with Crippen molar-refractivity contribution in [2.75, 3.05) is 6.54 Å². The molecule has 0 saturated heterocycles. The largest absolute Gasteiger partial charge is 0.481 e. The highest BCUT2D eigenvalue weighted by Crippen LogP contribution is 2.29. The molecule has 2 rings (SSSR count). The van der Waals surface area contributed by atoms with Crippen molar-refractivity contribution < 1.29 is 14.7 Å². The van der Waals surface area contributed by atoms with Crippen LogP contribution in [-0.4, -0.2) is 23.5 Å². The van der Waals surface area contributed by atoms with Crippen molar-refractivity contribution in [3.63, 3.8) is 0 Å². The van der Waals surface area contributed by atoms with Gasteiger partial charge in [0.25, 0.3) is 0 Å². The molecule has 2 N–H and O–H groups in total. The maximum absolute atomic E-state index is 11.8. The molecule has 1 fully saturated rings. The number of carbonyl (C=O) groups is 2. The van der Waals surface area contributed by atoms with Crippen molar-refractivity contribution in [1.82, 2.24) is 5.32 Å². The lowest BCUT2D eigenvalue weighted by Crippen LogP contribution is -2.39. The van der Waals surface area contributed by atoms with Crippen LogP contribution in [-0.2, 0) is 9.59 Å². The van der Waals surface area contributed by atoms with E-state index in [4.69, 9.17) is 5.11 Å². The number of amides is 1. The molecule has 0 aromatic carbocycles. The summed E-state index contributed by atoms with van der Waals surface area (Å²) in [5.74, 6) is -1.27. The summed E-state index contributed by atoms with van der Waals surface area (Å²) in [4.78, 5) is 22.8. The van der Waals surface area contributed by atoms with Crippen LogP contribution in [0.2, 0.25) is 0 Å². The summed E-state index contributed by atoms with van der Waals surface area (Å²) >= 11 is 0. The van der Waals surface area contributed by atoms with Gasteiger partial charge in [-0.3, -0.25) is 9.59 Å². The van der Waals surface area contributed by atoms with Crippen molar-refractivity contribution in [2.45, 2.75) is 25.7 Å². The molecular weight excluding hydrogens is 206 g/mol. The minimum Gasteiger partial charge on any atom is -0.481 e. The Morgan fingerprint density at radius 1 is 1.19 bits per heavy atom. The third kappa shape index (κ3) is 2.62. The van der Waals surface area contributed by atoms with E-state index in [-0.39, 0.29) is 11.8 Å². The first-order chi connectivity index (χ1) is 7.68. The molecule has 4 heteroatoms. The second-order valence-corrected chi connectivity index (χ2v) is 4.68. The fourth-order valence-electron chi connectivity index (χ4n) is 2.07. The molecule has 0 unspecified atom stereocenters. The van der Waals surface area contributed by atoms with Crippen molar-refractivity contribution in [1.29, 1.82) is 0 Å². The zero-order valence-corrected chi connectivity index (χ0v) is 9.19. The maximum Gasteiger partial charge on any atom is 0.307 e. The molecule has 1 amide bonds. The van der Waals surface area contributed by atoms with Gasteiger partial charge in [0.1, 0.15) is 0 Å². The minimum atomic E-state index is -0.865. The zero-order valence-electron chi connectivity index (χ0n) is 9.19. The Balaban J connectivity index is 1.90. The Morgan fingerprint density at radius 3 is 2.38 bits per heavy atom. The molecule has 88 valence electrons. The number of hydrogen-bond acceptors (Lipinski definition) is 2. The molecule has 0 aromatic rings. The van der Waals surface area contributed by atoms with E-state index in [0.717, 1.165) is 0 Å². The summed E-state index contributed by atoms with van der Waals surface area (Å²) in [6.45, 7) is 0.714. The molecule has 2 aliphatic carbocycles. The second-order valence-electron chi connectivity index (χ2n) is 4.68. The van der Waals surface area contributed by atoms with Gasteiger partial charge in [-0.1, -0.05) is 12.2 Å². The average Bonchev–Trinajstić information content (AvgIpc) is 3.09. The molecule has 0 radical (unpaired) electrons. The van der Waals surface area contributed by atoms with Gasteiger partial charge in [0.15, 0.2) is 0 Å². The summed E-state index contributed by atoms with van der Waals surface area (Å²) in [6, 6.07) is 0. The van der Waals surface area contributed by atoms with Crippen molar-refractivity contribution in [3.8, 4) is 0 Å². The lowest BCUT2D eigenvalue weighted by Gasteiger charge is -2.24. The van der Waals surface area contributed by atoms with Gasteiger partial charge in [-0.25, -0.2) is 0 Å². The molecule has 2 aliphatic rings. The first kappa shape index (κ1) is 11.2. The van der Waals surface area contributed by atoms with Gasteiger partial charge >= 0.3 is 5.97 Å². The Kier molecular flexibility index (Phi) is 3.27. The Hall–Kier alpha value is -1.32. The molecule has 2 atom stereocenters. The van der Waals surface area contributed by atoms with E-state index >= 15 is 0 Å². The van der Waals surface area contributed by atoms with Gasteiger partial charge in [0.2, 0.25) is 5.91 Å².